The van der Waals surface area contributed by atoms with Crippen LogP contribution in [0.25, 0.3) is 44.1 Å². The summed E-state index contributed by atoms with van der Waals surface area (Å²) >= 11 is 0. The van der Waals surface area contributed by atoms with Crippen molar-refractivity contribution in [2.24, 2.45) is 0 Å². The fourth-order valence-electron chi connectivity index (χ4n) is 7.91. The second-order valence-corrected chi connectivity index (χ2v) is 15.2. The summed E-state index contributed by atoms with van der Waals surface area (Å²) < 4.78 is 30.1. The van der Waals surface area contributed by atoms with E-state index >= 15 is 0 Å². The van der Waals surface area contributed by atoms with Crippen LogP contribution in [0.4, 0.5) is 32.1 Å². The van der Waals surface area contributed by atoms with E-state index in [0.717, 1.165) is 91.1 Å². The molecular weight excluding hydrogens is 819 g/mol. The fraction of sp³-hybridized carbons (Fsp3) is 0.362. The molecule has 2 aliphatic heterocycles. The fourth-order valence-corrected chi connectivity index (χ4v) is 7.91. The third-order valence-corrected chi connectivity index (χ3v) is 11.1. The van der Waals surface area contributed by atoms with Crippen LogP contribution in [0.2, 0.25) is 0 Å². The predicted octanol–water partition coefficient (Wildman–Crippen LogP) is 8.73. The first-order chi connectivity index (χ1) is 31.3. The highest BCUT2D eigenvalue weighted by molar-refractivity contribution is 5.91. The quantitative estimate of drug-likeness (QED) is 0.0766. The smallest absolute Gasteiger partial charge is 0.387 e. The van der Waals surface area contributed by atoms with Gasteiger partial charge in [-0.2, -0.15) is 8.78 Å². The van der Waals surface area contributed by atoms with E-state index in [1.165, 1.54) is 36.3 Å². The van der Waals surface area contributed by atoms with Crippen molar-refractivity contribution < 1.29 is 23.7 Å². The molecule has 0 saturated carbocycles. The standard InChI is InChI=1S/C23H24F2N6O2.C21H22N6.C2H6.CH4O/c1-13-10-28-21-17(33-23(24)25)4-2-14(20(13)21)11-27-18-12-26-16-3-5-19(30-22(16)29-18)31-8-6-15(32)7-9-31;1-2-10-27(11-3-1)20-7-6-17-21(26-20)25-19(14-23-17)24-13-15-4-5-16-8-9-22-18(16)12-15;2*1-2/h2-5,10,12,15,23,28,32H,6-9,11H2,1H3,(H,27,29,30);4-9,12,14,22H,1-3,10-11,13H2,(H,24,25,26);1-2H3;2H,1H3. The molecule has 0 amide bonds. The van der Waals surface area contributed by atoms with Gasteiger partial charge in [-0.1, -0.05) is 32.0 Å². The maximum atomic E-state index is 12.7. The van der Waals surface area contributed by atoms with Gasteiger partial charge in [0.2, 0.25) is 0 Å². The lowest BCUT2D eigenvalue weighted by molar-refractivity contribution is -0.0489. The number of nitrogens with one attached hydrogen (secondary N) is 4. The van der Waals surface area contributed by atoms with Gasteiger partial charge in [-0.25, -0.2) is 29.9 Å². The highest BCUT2D eigenvalue weighted by Crippen LogP contribution is 2.32. The summed E-state index contributed by atoms with van der Waals surface area (Å²) in [4.78, 5) is 38.4. The number of aromatic amines is 2. The lowest BCUT2D eigenvalue weighted by Crippen LogP contribution is -2.36. The number of aliphatic hydroxyl groups is 2. The Bertz CT molecular complexity index is 2750. The number of aryl methyl sites for hydroxylation is 1. The Labute approximate surface area is 370 Å². The van der Waals surface area contributed by atoms with Crippen molar-refractivity contribution in [2.75, 3.05) is 53.7 Å². The second kappa shape index (κ2) is 21.6. The number of halogens is 2. The molecule has 17 heteroatoms. The van der Waals surface area contributed by atoms with Gasteiger partial charge in [-0.15, -0.1) is 0 Å². The number of nitrogens with zero attached hydrogens (tertiary/aromatic N) is 8. The maximum absolute atomic E-state index is 12.7. The Morgan fingerprint density at radius 3 is 2.02 bits per heavy atom. The number of anilines is 4. The summed E-state index contributed by atoms with van der Waals surface area (Å²) in [6, 6.07) is 19.7. The second-order valence-electron chi connectivity index (χ2n) is 15.2. The van der Waals surface area contributed by atoms with E-state index < -0.39 is 6.61 Å². The molecule has 0 aliphatic carbocycles. The molecule has 0 radical (unpaired) electrons. The van der Waals surface area contributed by atoms with Crippen LogP contribution in [0.1, 0.15) is 62.6 Å². The minimum Gasteiger partial charge on any atom is -0.433 e. The number of hydrogen-bond acceptors (Lipinski definition) is 13. The number of benzene rings is 2. The minimum atomic E-state index is -2.89. The van der Waals surface area contributed by atoms with Gasteiger partial charge in [0.1, 0.15) is 40.1 Å². The summed E-state index contributed by atoms with van der Waals surface area (Å²) in [6.45, 7) is 7.80. The highest BCUT2D eigenvalue weighted by Gasteiger charge is 2.19. The molecule has 6 N–H and O–H groups in total. The first kappa shape index (κ1) is 45.3. The van der Waals surface area contributed by atoms with Crippen LogP contribution in [0.3, 0.4) is 0 Å². The van der Waals surface area contributed by atoms with E-state index in [0.29, 0.717) is 41.2 Å². The van der Waals surface area contributed by atoms with Crippen molar-refractivity contribution in [3.05, 3.63) is 102 Å². The zero-order valence-corrected chi connectivity index (χ0v) is 36.7. The zero-order chi connectivity index (χ0) is 45.0. The number of hydrogen-bond donors (Lipinski definition) is 6. The van der Waals surface area contributed by atoms with E-state index in [2.05, 4.69) is 90.4 Å². The molecule has 6 aromatic heterocycles. The molecule has 64 heavy (non-hydrogen) atoms. The van der Waals surface area contributed by atoms with Crippen molar-refractivity contribution in [2.45, 2.75) is 78.7 Å². The van der Waals surface area contributed by atoms with Gasteiger partial charge in [-0.3, -0.25) is 0 Å². The van der Waals surface area contributed by atoms with Crippen LogP contribution >= 0.6 is 0 Å². The summed E-state index contributed by atoms with van der Waals surface area (Å²) in [5.41, 5.74) is 7.48. The van der Waals surface area contributed by atoms with Gasteiger partial charge in [0.15, 0.2) is 11.3 Å². The SMILES string of the molecule is CC.CO.Cc1c[nH]c2c(OC(F)F)ccc(CNc3cnc4ccc(N5CCC(O)CC5)nc4n3)c12.c1cc2ccc(CNc3cnc4ccc(N5CCCCC5)nc4n3)cc2[nH]1. The molecule has 0 unspecified atom stereocenters. The largest absolute Gasteiger partial charge is 0.433 e. The highest BCUT2D eigenvalue weighted by atomic mass is 19.3. The Kier molecular flexibility index (Phi) is 15.3. The molecule has 8 aromatic rings. The molecular formula is C47H56F2N12O3. The number of rotatable bonds is 10. The lowest BCUT2D eigenvalue weighted by atomic mass is 10.1. The molecule has 0 bridgehead atoms. The first-order valence-corrected chi connectivity index (χ1v) is 21.8. The van der Waals surface area contributed by atoms with Gasteiger partial charge >= 0.3 is 6.61 Å². The lowest BCUT2D eigenvalue weighted by Gasteiger charge is -2.30. The molecule has 2 saturated heterocycles. The number of pyridine rings is 2. The Hall–Kier alpha value is -6.72. The van der Waals surface area contributed by atoms with Gasteiger partial charge < -0.3 is 45.4 Å². The molecule has 0 atom stereocenters. The van der Waals surface area contributed by atoms with Gasteiger partial charge in [0.25, 0.3) is 0 Å². The summed E-state index contributed by atoms with van der Waals surface area (Å²) in [5, 5.41) is 25.4. The summed E-state index contributed by atoms with van der Waals surface area (Å²) in [7, 11) is 1.00. The van der Waals surface area contributed by atoms with E-state index in [1.807, 2.05) is 45.2 Å². The molecule has 15 nitrogen and oxygen atoms in total. The van der Waals surface area contributed by atoms with Crippen LogP contribution in [0.15, 0.2) is 85.5 Å². The average Bonchev–Trinajstić information content (AvgIpc) is 3.98. The number of aromatic nitrogens is 8. The number of piperidine rings is 2. The van der Waals surface area contributed by atoms with E-state index in [-0.39, 0.29) is 11.9 Å². The average molecular weight is 875 g/mol. The topological polar surface area (TPSA) is 189 Å². The molecule has 2 aliphatic rings. The molecule has 336 valence electrons. The Balaban J connectivity index is 0.000000181. The maximum Gasteiger partial charge on any atom is 0.387 e. The number of fused-ring (bicyclic) bond motifs is 4. The normalized spacial score (nSPS) is 14.1. The van der Waals surface area contributed by atoms with E-state index in [1.54, 1.807) is 24.7 Å². The van der Waals surface area contributed by atoms with Crippen LogP contribution in [-0.2, 0) is 13.1 Å². The predicted molar refractivity (Wildman–Crippen MR) is 250 cm³/mol. The van der Waals surface area contributed by atoms with Gasteiger partial charge in [-0.05, 0) is 104 Å². The third-order valence-electron chi connectivity index (χ3n) is 11.1. The number of alkyl halides is 2. The molecule has 0 spiro atoms. The number of aliphatic hydroxyl groups excluding tert-OH is 2. The first-order valence-electron chi connectivity index (χ1n) is 21.8. The van der Waals surface area contributed by atoms with Crippen molar-refractivity contribution in [1.29, 1.82) is 0 Å². The van der Waals surface area contributed by atoms with Crippen molar-refractivity contribution in [3.63, 3.8) is 0 Å². The molecule has 2 fully saturated rings. The van der Waals surface area contributed by atoms with Crippen LogP contribution in [0.5, 0.6) is 5.75 Å². The Morgan fingerprint density at radius 1 is 0.750 bits per heavy atom. The van der Waals surface area contributed by atoms with E-state index in [4.69, 9.17) is 10.1 Å². The molecule has 8 heterocycles. The van der Waals surface area contributed by atoms with Crippen molar-refractivity contribution in [3.8, 4) is 5.75 Å². The monoisotopic (exact) mass is 874 g/mol. The van der Waals surface area contributed by atoms with E-state index in [9.17, 15) is 13.9 Å². The van der Waals surface area contributed by atoms with Crippen LogP contribution in [-0.4, -0.2) is 96.1 Å². The minimum absolute atomic E-state index is 0.115. The number of ether oxygens (including phenoxy) is 1. The summed E-state index contributed by atoms with van der Waals surface area (Å²) in [5.74, 6) is 3.25. The molecule has 10 rings (SSSR count). The van der Waals surface area contributed by atoms with Gasteiger partial charge in [0, 0.05) is 69.7 Å². The third kappa shape index (κ3) is 10.9. The Morgan fingerprint density at radius 2 is 1.38 bits per heavy atom. The zero-order valence-electron chi connectivity index (χ0n) is 36.7. The van der Waals surface area contributed by atoms with Crippen LogP contribution in [0, 0.1) is 6.92 Å². The van der Waals surface area contributed by atoms with Crippen LogP contribution < -0.4 is 25.2 Å². The van der Waals surface area contributed by atoms with Gasteiger partial charge in [0.05, 0.1) is 24.0 Å². The molecule has 2 aromatic carbocycles. The number of H-pyrrole nitrogens is 2. The van der Waals surface area contributed by atoms with Crippen molar-refractivity contribution in [1.82, 2.24) is 39.9 Å². The van der Waals surface area contributed by atoms with Crippen molar-refractivity contribution >= 4 is 67.4 Å². The summed E-state index contributed by atoms with van der Waals surface area (Å²) in [6.07, 6.45) is 12.1.